The number of carbonyl (C=O) groups is 1. The highest BCUT2D eigenvalue weighted by molar-refractivity contribution is 8.13. The van der Waals surface area contributed by atoms with E-state index >= 15 is 0 Å². The van der Waals surface area contributed by atoms with Crippen LogP contribution < -0.4 is 0 Å². The molecule has 0 saturated carbocycles. The Bertz CT molecular complexity index is 332. The molecule has 2 nitrogen and oxygen atoms in total. The van der Waals surface area contributed by atoms with Crippen molar-refractivity contribution in [2.24, 2.45) is 4.99 Å². The van der Waals surface area contributed by atoms with Crippen LogP contribution >= 0.6 is 11.8 Å². The maximum absolute atomic E-state index is 11.5. The van der Waals surface area contributed by atoms with Crippen molar-refractivity contribution in [2.45, 2.75) is 13.8 Å². The van der Waals surface area contributed by atoms with Crippen LogP contribution in [0.25, 0.3) is 0 Å². The van der Waals surface area contributed by atoms with E-state index in [1.54, 1.807) is 23.9 Å². The van der Waals surface area contributed by atoms with E-state index in [0.29, 0.717) is 5.56 Å². The van der Waals surface area contributed by atoms with E-state index in [1.807, 2.05) is 32.0 Å². The number of benzene rings is 1. The summed E-state index contributed by atoms with van der Waals surface area (Å²) in [5.41, 5.74) is 0.642. The molecular formula is C11H13NOS. The number of hydrogen-bond acceptors (Lipinski definition) is 2. The number of nitrogens with zero attached hydrogens (tertiary/aromatic N) is 1. The Labute approximate surface area is 88.4 Å². The van der Waals surface area contributed by atoms with Gasteiger partial charge in [-0.3, -0.25) is 4.79 Å². The zero-order valence-corrected chi connectivity index (χ0v) is 9.17. The third-order valence-electron chi connectivity index (χ3n) is 1.63. The molecule has 0 aromatic heterocycles. The standard InChI is InChI=1S/C11H13NOS/c1-3-14-9(2)12-11(13)10-7-5-4-6-8-10/h4-8H,3H2,1-2H3. The Balaban J connectivity index is 2.72. The lowest BCUT2D eigenvalue weighted by molar-refractivity contribution is 0.100. The molecule has 0 aliphatic heterocycles. The molecule has 0 radical (unpaired) electrons. The highest BCUT2D eigenvalue weighted by Crippen LogP contribution is 2.06. The second-order valence-corrected chi connectivity index (χ2v) is 4.19. The normalized spacial score (nSPS) is 11.4. The summed E-state index contributed by atoms with van der Waals surface area (Å²) < 4.78 is 0. The highest BCUT2D eigenvalue weighted by Gasteiger charge is 2.02. The van der Waals surface area contributed by atoms with Crippen molar-refractivity contribution in [3.05, 3.63) is 35.9 Å². The molecule has 0 fully saturated rings. The van der Waals surface area contributed by atoms with E-state index in [4.69, 9.17) is 0 Å². The van der Waals surface area contributed by atoms with E-state index in [2.05, 4.69) is 4.99 Å². The number of amides is 1. The lowest BCUT2D eigenvalue weighted by Crippen LogP contribution is -1.97. The molecule has 0 saturated heterocycles. The minimum Gasteiger partial charge on any atom is -0.267 e. The van der Waals surface area contributed by atoms with Gasteiger partial charge in [0.15, 0.2) is 0 Å². The number of hydrogen-bond donors (Lipinski definition) is 0. The quantitative estimate of drug-likeness (QED) is 0.551. The van der Waals surface area contributed by atoms with Gasteiger partial charge in [-0.2, -0.15) is 0 Å². The minimum atomic E-state index is -0.163. The molecule has 1 aromatic carbocycles. The zero-order chi connectivity index (χ0) is 10.4. The van der Waals surface area contributed by atoms with Crippen molar-refractivity contribution < 1.29 is 4.79 Å². The molecule has 0 aliphatic rings. The summed E-state index contributed by atoms with van der Waals surface area (Å²) in [5.74, 6) is 0.779. The van der Waals surface area contributed by atoms with Crippen molar-refractivity contribution in [3.63, 3.8) is 0 Å². The van der Waals surface area contributed by atoms with Gasteiger partial charge >= 0.3 is 0 Å². The molecule has 0 spiro atoms. The van der Waals surface area contributed by atoms with Crippen LogP contribution in [0.4, 0.5) is 0 Å². The lowest BCUT2D eigenvalue weighted by atomic mass is 10.2. The summed E-state index contributed by atoms with van der Waals surface area (Å²) in [6.07, 6.45) is 0. The fraction of sp³-hybridized carbons (Fsp3) is 0.273. The monoisotopic (exact) mass is 207 g/mol. The van der Waals surface area contributed by atoms with E-state index < -0.39 is 0 Å². The van der Waals surface area contributed by atoms with Crippen molar-refractivity contribution in [1.82, 2.24) is 0 Å². The van der Waals surface area contributed by atoms with Crippen molar-refractivity contribution >= 4 is 22.7 Å². The fourth-order valence-electron chi connectivity index (χ4n) is 1.03. The minimum absolute atomic E-state index is 0.163. The molecule has 0 atom stereocenters. The van der Waals surface area contributed by atoms with Crippen molar-refractivity contribution in [3.8, 4) is 0 Å². The molecule has 0 unspecified atom stereocenters. The number of thioether (sulfide) groups is 1. The second kappa shape index (κ2) is 5.60. The smallest absolute Gasteiger partial charge is 0.267 e. The first kappa shape index (κ1) is 11.0. The van der Waals surface area contributed by atoms with Crippen LogP contribution in [0.3, 0.4) is 0 Å². The molecule has 0 bridgehead atoms. The summed E-state index contributed by atoms with van der Waals surface area (Å²) in [4.78, 5) is 15.5. The molecule has 3 heteroatoms. The van der Waals surface area contributed by atoms with E-state index in [9.17, 15) is 4.79 Å². The van der Waals surface area contributed by atoms with Crippen molar-refractivity contribution in [2.75, 3.05) is 5.75 Å². The average Bonchev–Trinajstić information content (AvgIpc) is 2.19. The van der Waals surface area contributed by atoms with Gasteiger partial charge in [0.1, 0.15) is 0 Å². The molecule has 1 aromatic rings. The van der Waals surface area contributed by atoms with Gasteiger partial charge in [0.25, 0.3) is 5.91 Å². The molecule has 0 aliphatic carbocycles. The summed E-state index contributed by atoms with van der Waals surface area (Å²) >= 11 is 1.58. The molecule has 14 heavy (non-hydrogen) atoms. The van der Waals surface area contributed by atoms with Crippen LogP contribution in [0.15, 0.2) is 35.3 Å². The Morgan fingerprint density at radius 2 is 2.00 bits per heavy atom. The summed E-state index contributed by atoms with van der Waals surface area (Å²) in [7, 11) is 0. The zero-order valence-electron chi connectivity index (χ0n) is 8.36. The SMILES string of the molecule is CCSC(C)=NC(=O)c1ccccc1. The molecule has 0 N–H and O–H groups in total. The Kier molecular flexibility index (Phi) is 4.40. The maximum atomic E-state index is 11.5. The molecule has 0 heterocycles. The summed E-state index contributed by atoms with van der Waals surface area (Å²) in [6.45, 7) is 3.89. The van der Waals surface area contributed by atoms with Crippen LogP contribution in [0.5, 0.6) is 0 Å². The topological polar surface area (TPSA) is 29.4 Å². The Hall–Kier alpha value is -1.09. The van der Waals surface area contributed by atoms with E-state index in [-0.39, 0.29) is 5.91 Å². The average molecular weight is 207 g/mol. The van der Waals surface area contributed by atoms with Gasteiger partial charge in [-0.15, -0.1) is 11.8 Å². The summed E-state index contributed by atoms with van der Waals surface area (Å²) in [5, 5.41) is 0.821. The predicted molar refractivity (Wildman–Crippen MR) is 62.0 cm³/mol. The fourth-order valence-corrected chi connectivity index (χ4v) is 1.59. The van der Waals surface area contributed by atoms with Crippen molar-refractivity contribution in [1.29, 1.82) is 0 Å². The second-order valence-electron chi connectivity index (χ2n) is 2.74. The first-order valence-corrected chi connectivity index (χ1v) is 5.50. The van der Waals surface area contributed by atoms with E-state index in [0.717, 1.165) is 10.8 Å². The van der Waals surface area contributed by atoms with Gasteiger partial charge in [-0.05, 0) is 24.8 Å². The third kappa shape index (κ3) is 3.34. The first-order chi connectivity index (χ1) is 6.74. The largest absolute Gasteiger partial charge is 0.277 e. The van der Waals surface area contributed by atoms with Gasteiger partial charge in [-0.1, -0.05) is 25.1 Å². The van der Waals surface area contributed by atoms with Gasteiger partial charge in [0.2, 0.25) is 0 Å². The highest BCUT2D eigenvalue weighted by atomic mass is 32.2. The van der Waals surface area contributed by atoms with Crippen LogP contribution in [0.1, 0.15) is 24.2 Å². The van der Waals surface area contributed by atoms with Gasteiger partial charge < -0.3 is 0 Å². The Morgan fingerprint density at radius 3 is 2.57 bits per heavy atom. The predicted octanol–water partition coefficient (Wildman–Crippen LogP) is 3.00. The van der Waals surface area contributed by atoms with Crippen LogP contribution in [-0.2, 0) is 0 Å². The Morgan fingerprint density at radius 1 is 1.36 bits per heavy atom. The van der Waals surface area contributed by atoms with E-state index in [1.165, 1.54) is 0 Å². The molecular weight excluding hydrogens is 194 g/mol. The van der Waals surface area contributed by atoms with Gasteiger partial charge in [0, 0.05) is 5.56 Å². The number of carbonyl (C=O) groups excluding carboxylic acids is 1. The number of aliphatic imine (C=N–C) groups is 1. The molecule has 1 amide bonds. The number of rotatable bonds is 2. The van der Waals surface area contributed by atoms with Crippen LogP contribution in [0, 0.1) is 0 Å². The lowest BCUT2D eigenvalue weighted by Gasteiger charge is -1.97. The first-order valence-electron chi connectivity index (χ1n) is 4.51. The maximum Gasteiger partial charge on any atom is 0.277 e. The third-order valence-corrected chi connectivity index (χ3v) is 2.43. The molecule has 1 rings (SSSR count). The van der Waals surface area contributed by atoms with Crippen LogP contribution in [0.2, 0.25) is 0 Å². The van der Waals surface area contributed by atoms with Gasteiger partial charge in [-0.25, -0.2) is 4.99 Å². The van der Waals surface area contributed by atoms with Crippen LogP contribution in [-0.4, -0.2) is 16.7 Å². The van der Waals surface area contributed by atoms with Gasteiger partial charge in [0.05, 0.1) is 5.04 Å². The summed E-state index contributed by atoms with van der Waals surface area (Å²) in [6, 6.07) is 9.11. The molecule has 74 valence electrons.